The van der Waals surface area contributed by atoms with Gasteiger partial charge in [-0.15, -0.1) is 0 Å². The molecule has 0 amide bonds. The van der Waals surface area contributed by atoms with Crippen LogP contribution in [0, 0.1) is 13.8 Å². The summed E-state index contributed by atoms with van der Waals surface area (Å²) in [6.45, 7) is 4.02. The van der Waals surface area contributed by atoms with Crippen molar-refractivity contribution < 1.29 is 14.3 Å². The Morgan fingerprint density at radius 1 is 1.44 bits per heavy atom. The van der Waals surface area contributed by atoms with Gasteiger partial charge in [0.1, 0.15) is 5.76 Å². The number of hydrogen-bond acceptors (Lipinski definition) is 4. The van der Waals surface area contributed by atoms with Crippen molar-refractivity contribution in [1.82, 2.24) is 4.98 Å². The topological polar surface area (TPSA) is 75.4 Å². The highest BCUT2D eigenvalue weighted by molar-refractivity contribution is 5.94. The molecule has 0 spiro atoms. The van der Waals surface area contributed by atoms with Crippen LogP contribution in [0.2, 0.25) is 0 Å². The van der Waals surface area contributed by atoms with Crippen LogP contribution < -0.4 is 5.32 Å². The number of oxazole rings is 1. The number of aromatic nitrogens is 1. The van der Waals surface area contributed by atoms with Crippen LogP contribution in [0.3, 0.4) is 0 Å². The van der Waals surface area contributed by atoms with Crippen LogP contribution in [-0.2, 0) is 6.54 Å². The van der Waals surface area contributed by atoms with Gasteiger partial charge in [-0.05, 0) is 26.0 Å². The van der Waals surface area contributed by atoms with Gasteiger partial charge in [0.25, 0.3) is 0 Å². The average Bonchev–Trinajstić information content (AvgIpc) is 2.73. The highest BCUT2D eigenvalue weighted by atomic mass is 16.4. The van der Waals surface area contributed by atoms with E-state index in [4.69, 9.17) is 9.52 Å². The van der Waals surface area contributed by atoms with E-state index >= 15 is 0 Å². The van der Waals surface area contributed by atoms with Gasteiger partial charge in [-0.3, -0.25) is 0 Å². The Labute approximate surface area is 104 Å². The smallest absolute Gasteiger partial charge is 0.337 e. The van der Waals surface area contributed by atoms with Crippen molar-refractivity contribution in [2.24, 2.45) is 0 Å². The number of nitrogens with zero attached hydrogens (tertiary/aromatic N) is 1. The van der Waals surface area contributed by atoms with E-state index in [1.165, 1.54) is 0 Å². The molecule has 1 aromatic heterocycles. The molecule has 2 aromatic rings. The third-order valence-corrected chi connectivity index (χ3v) is 2.50. The second-order valence-corrected chi connectivity index (χ2v) is 4.07. The fourth-order valence-corrected chi connectivity index (χ4v) is 1.64. The third kappa shape index (κ3) is 2.68. The normalized spacial score (nSPS) is 10.3. The van der Waals surface area contributed by atoms with Gasteiger partial charge >= 0.3 is 5.97 Å². The lowest BCUT2D eigenvalue weighted by molar-refractivity contribution is 0.0697. The molecule has 0 bridgehead atoms. The first kappa shape index (κ1) is 12.2. The van der Waals surface area contributed by atoms with Crippen LogP contribution in [0.15, 0.2) is 28.8 Å². The van der Waals surface area contributed by atoms with Crippen LogP contribution in [0.1, 0.15) is 27.6 Å². The number of anilines is 1. The van der Waals surface area contributed by atoms with Crippen LogP contribution >= 0.6 is 0 Å². The molecule has 2 rings (SSSR count). The molecule has 0 radical (unpaired) electrons. The van der Waals surface area contributed by atoms with E-state index in [-0.39, 0.29) is 5.56 Å². The number of benzene rings is 1. The van der Waals surface area contributed by atoms with Crippen LogP contribution in [0.5, 0.6) is 0 Å². The number of carboxylic acid groups (broad SMARTS) is 1. The highest BCUT2D eigenvalue weighted by Gasteiger charge is 2.10. The van der Waals surface area contributed by atoms with E-state index in [9.17, 15) is 4.79 Å². The van der Waals surface area contributed by atoms with Crippen molar-refractivity contribution in [2.45, 2.75) is 20.4 Å². The van der Waals surface area contributed by atoms with Gasteiger partial charge in [-0.25, -0.2) is 9.78 Å². The molecule has 0 unspecified atom stereocenters. The lowest BCUT2D eigenvalue weighted by Crippen LogP contribution is -2.06. The molecule has 94 valence electrons. The lowest BCUT2D eigenvalue weighted by atomic mass is 10.1. The Kier molecular flexibility index (Phi) is 3.32. The van der Waals surface area contributed by atoms with Crippen LogP contribution in [0.25, 0.3) is 0 Å². The van der Waals surface area contributed by atoms with E-state index in [0.29, 0.717) is 18.1 Å². The maximum absolute atomic E-state index is 11.1. The number of aryl methyl sites for hydroxylation is 2. The van der Waals surface area contributed by atoms with Gasteiger partial charge < -0.3 is 14.8 Å². The van der Waals surface area contributed by atoms with Crippen molar-refractivity contribution in [2.75, 3.05) is 5.32 Å². The number of carboxylic acids is 1. The minimum absolute atomic E-state index is 0.248. The van der Waals surface area contributed by atoms with Gasteiger partial charge in [0, 0.05) is 5.69 Å². The largest absolute Gasteiger partial charge is 0.478 e. The van der Waals surface area contributed by atoms with Gasteiger partial charge in [-0.1, -0.05) is 11.6 Å². The summed E-state index contributed by atoms with van der Waals surface area (Å²) in [5.41, 5.74) is 1.71. The maximum atomic E-state index is 11.1. The summed E-state index contributed by atoms with van der Waals surface area (Å²) in [5, 5.41) is 12.1. The first-order valence-corrected chi connectivity index (χ1v) is 5.55. The van der Waals surface area contributed by atoms with Crippen molar-refractivity contribution in [3.05, 3.63) is 47.2 Å². The van der Waals surface area contributed by atoms with Gasteiger partial charge in [0.2, 0.25) is 5.89 Å². The average molecular weight is 246 g/mol. The molecule has 0 saturated carbocycles. The second kappa shape index (κ2) is 4.91. The Hall–Kier alpha value is -2.30. The molecular formula is C13H14N2O3. The summed E-state index contributed by atoms with van der Waals surface area (Å²) >= 11 is 0. The zero-order valence-corrected chi connectivity index (χ0v) is 10.2. The summed E-state index contributed by atoms with van der Waals surface area (Å²) in [5.74, 6) is 0.309. The highest BCUT2D eigenvalue weighted by Crippen LogP contribution is 2.18. The van der Waals surface area contributed by atoms with E-state index < -0.39 is 5.97 Å². The van der Waals surface area contributed by atoms with E-state index in [1.54, 1.807) is 18.3 Å². The van der Waals surface area contributed by atoms with Crippen molar-refractivity contribution in [3.63, 3.8) is 0 Å². The maximum Gasteiger partial charge on any atom is 0.337 e. The Bertz CT molecular complexity index is 575. The molecule has 18 heavy (non-hydrogen) atoms. The van der Waals surface area contributed by atoms with Gasteiger partial charge in [0.15, 0.2) is 0 Å². The minimum Gasteiger partial charge on any atom is -0.478 e. The van der Waals surface area contributed by atoms with Gasteiger partial charge in [0.05, 0.1) is 18.3 Å². The number of rotatable bonds is 4. The molecule has 0 aliphatic carbocycles. The summed E-state index contributed by atoms with van der Waals surface area (Å²) in [6.07, 6.45) is 1.63. The molecule has 0 saturated heterocycles. The minimum atomic E-state index is -0.954. The quantitative estimate of drug-likeness (QED) is 0.867. The van der Waals surface area contributed by atoms with Crippen molar-refractivity contribution in [1.29, 1.82) is 0 Å². The molecule has 1 heterocycles. The zero-order chi connectivity index (χ0) is 13.1. The fraction of sp³-hybridized carbons (Fsp3) is 0.231. The second-order valence-electron chi connectivity index (χ2n) is 4.07. The summed E-state index contributed by atoms with van der Waals surface area (Å²) in [6, 6.07) is 5.23. The molecular weight excluding hydrogens is 232 g/mol. The Morgan fingerprint density at radius 3 is 2.83 bits per heavy atom. The zero-order valence-electron chi connectivity index (χ0n) is 10.2. The first-order valence-electron chi connectivity index (χ1n) is 5.55. The van der Waals surface area contributed by atoms with Gasteiger partial charge in [-0.2, -0.15) is 0 Å². The van der Waals surface area contributed by atoms with Crippen molar-refractivity contribution >= 4 is 11.7 Å². The lowest BCUT2D eigenvalue weighted by Gasteiger charge is -2.08. The standard InChI is InChI=1S/C13H14N2O3/c1-8-3-4-11(10(5-8)13(16)17)14-7-12-15-6-9(2)18-12/h3-6,14H,7H2,1-2H3,(H,16,17). The van der Waals surface area contributed by atoms with E-state index in [2.05, 4.69) is 10.3 Å². The van der Waals surface area contributed by atoms with Crippen molar-refractivity contribution in [3.8, 4) is 0 Å². The SMILES string of the molecule is Cc1ccc(NCc2ncc(C)o2)c(C(=O)O)c1. The third-order valence-electron chi connectivity index (χ3n) is 2.50. The van der Waals surface area contributed by atoms with Crippen LogP contribution in [0.4, 0.5) is 5.69 Å². The molecule has 0 aliphatic heterocycles. The first-order chi connectivity index (χ1) is 8.56. The van der Waals surface area contributed by atoms with E-state index in [0.717, 1.165) is 11.3 Å². The van der Waals surface area contributed by atoms with E-state index in [1.807, 2.05) is 19.9 Å². The summed E-state index contributed by atoms with van der Waals surface area (Å²) in [7, 11) is 0. The molecule has 2 N–H and O–H groups in total. The molecule has 5 heteroatoms. The fourth-order valence-electron chi connectivity index (χ4n) is 1.64. The number of carbonyl (C=O) groups is 1. The summed E-state index contributed by atoms with van der Waals surface area (Å²) in [4.78, 5) is 15.2. The predicted molar refractivity (Wildman–Crippen MR) is 66.7 cm³/mol. The molecule has 0 atom stereocenters. The molecule has 0 aliphatic rings. The molecule has 0 fully saturated rings. The predicted octanol–water partition coefficient (Wildman–Crippen LogP) is 2.60. The number of nitrogens with one attached hydrogen (secondary N) is 1. The summed E-state index contributed by atoms with van der Waals surface area (Å²) < 4.78 is 5.31. The number of aromatic carboxylic acids is 1. The molecule has 1 aromatic carbocycles. The Balaban J connectivity index is 2.16. The molecule has 5 nitrogen and oxygen atoms in total. The number of hydrogen-bond donors (Lipinski definition) is 2. The monoisotopic (exact) mass is 246 g/mol. The van der Waals surface area contributed by atoms with Crippen LogP contribution in [-0.4, -0.2) is 16.1 Å². The Morgan fingerprint density at radius 2 is 2.22 bits per heavy atom.